The van der Waals surface area contributed by atoms with Gasteiger partial charge in [-0.1, -0.05) is 0 Å². The van der Waals surface area contributed by atoms with Gasteiger partial charge in [0.05, 0.1) is 10.5 Å². The summed E-state index contributed by atoms with van der Waals surface area (Å²) in [6.07, 6.45) is 1.41. The van der Waals surface area contributed by atoms with Crippen LogP contribution >= 0.6 is 0 Å². The Morgan fingerprint density at radius 2 is 1.67 bits per heavy atom. The molecule has 0 aliphatic rings. The molecule has 0 saturated heterocycles. The van der Waals surface area contributed by atoms with Crippen molar-refractivity contribution in [1.82, 2.24) is 10.3 Å². The van der Waals surface area contributed by atoms with Gasteiger partial charge in [-0.3, -0.25) is 9.52 Å². The third-order valence-electron chi connectivity index (χ3n) is 3.87. The van der Waals surface area contributed by atoms with Crippen LogP contribution in [0.25, 0.3) is 0 Å². The molecule has 156 valence electrons. The van der Waals surface area contributed by atoms with Crippen LogP contribution in [0.2, 0.25) is 0 Å². The lowest BCUT2D eigenvalue weighted by atomic mass is 10.2. The van der Waals surface area contributed by atoms with Crippen LogP contribution in [-0.4, -0.2) is 25.4 Å². The van der Waals surface area contributed by atoms with Gasteiger partial charge in [0.2, 0.25) is 5.88 Å². The Labute approximate surface area is 174 Å². The maximum Gasteiger partial charge on any atom is 0.261 e. The molecule has 0 radical (unpaired) electrons. The van der Waals surface area contributed by atoms with Crippen molar-refractivity contribution in [1.29, 1.82) is 0 Å². The van der Waals surface area contributed by atoms with Crippen LogP contribution in [0.5, 0.6) is 11.6 Å². The number of nitrogens with zero attached hydrogens (tertiary/aromatic N) is 1. The van der Waals surface area contributed by atoms with Crippen LogP contribution in [0.1, 0.15) is 24.2 Å². The lowest BCUT2D eigenvalue weighted by Gasteiger charge is -2.10. The highest BCUT2D eigenvalue weighted by Gasteiger charge is 2.14. The molecule has 1 aromatic heterocycles. The molecule has 1 amide bonds. The van der Waals surface area contributed by atoms with Crippen molar-refractivity contribution in [3.8, 4) is 11.6 Å². The number of carbonyl (C=O) groups is 1. The van der Waals surface area contributed by atoms with Crippen LogP contribution < -0.4 is 14.8 Å². The van der Waals surface area contributed by atoms with E-state index in [1.54, 1.807) is 24.3 Å². The van der Waals surface area contributed by atoms with Crippen molar-refractivity contribution < 1.29 is 22.3 Å². The Bertz CT molecular complexity index is 1110. The molecule has 0 unspecified atom stereocenters. The number of hydrogen-bond donors (Lipinski definition) is 2. The Balaban J connectivity index is 1.64. The van der Waals surface area contributed by atoms with E-state index < -0.39 is 15.8 Å². The fraction of sp³-hybridized carbons (Fsp3) is 0.143. The first kappa shape index (κ1) is 21.3. The lowest BCUT2D eigenvalue weighted by molar-refractivity contribution is 0.0942. The number of ether oxygens (including phenoxy) is 1. The molecule has 0 aliphatic heterocycles. The molecule has 0 spiro atoms. The average molecular weight is 429 g/mol. The second kappa shape index (κ2) is 8.91. The van der Waals surface area contributed by atoms with E-state index in [4.69, 9.17) is 4.74 Å². The second-order valence-electron chi connectivity index (χ2n) is 6.70. The third kappa shape index (κ3) is 5.54. The number of aromatic nitrogens is 1. The van der Waals surface area contributed by atoms with Gasteiger partial charge in [0.1, 0.15) is 11.6 Å². The van der Waals surface area contributed by atoms with Crippen LogP contribution in [0.4, 0.5) is 10.1 Å². The predicted octanol–water partition coefficient (Wildman–Crippen LogP) is 3.95. The van der Waals surface area contributed by atoms with Crippen LogP contribution in [0, 0.1) is 5.82 Å². The topological polar surface area (TPSA) is 97.4 Å². The van der Waals surface area contributed by atoms with Gasteiger partial charge < -0.3 is 10.1 Å². The summed E-state index contributed by atoms with van der Waals surface area (Å²) in [6.45, 7) is 3.73. The molecule has 0 saturated carbocycles. The molecule has 0 aliphatic carbocycles. The van der Waals surface area contributed by atoms with E-state index in [2.05, 4.69) is 15.0 Å². The first-order chi connectivity index (χ1) is 14.2. The van der Waals surface area contributed by atoms with E-state index in [9.17, 15) is 17.6 Å². The summed E-state index contributed by atoms with van der Waals surface area (Å²) >= 11 is 0. The summed E-state index contributed by atoms with van der Waals surface area (Å²) in [5.41, 5.74) is 0.738. The number of amides is 1. The van der Waals surface area contributed by atoms with Gasteiger partial charge in [-0.05, 0) is 68.4 Å². The van der Waals surface area contributed by atoms with Crippen LogP contribution in [-0.2, 0) is 10.0 Å². The van der Waals surface area contributed by atoms with Crippen molar-refractivity contribution in [3.05, 3.63) is 78.2 Å². The minimum absolute atomic E-state index is 0.0208. The highest BCUT2D eigenvalue weighted by atomic mass is 32.2. The number of pyridine rings is 1. The van der Waals surface area contributed by atoms with Gasteiger partial charge in [-0.25, -0.2) is 17.8 Å². The fourth-order valence-corrected chi connectivity index (χ4v) is 3.52. The summed E-state index contributed by atoms with van der Waals surface area (Å²) in [5, 5.41) is 2.77. The first-order valence-corrected chi connectivity index (χ1v) is 10.5. The number of rotatable bonds is 7. The summed E-state index contributed by atoms with van der Waals surface area (Å²) < 4.78 is 45.7. The summed E-state index contributed by atoms with van der Waals surface area (Å²) in [6, 6.07) is 13.9. The Morgan fingerprint density at radius 1 is 1.00 bits per heavy atom. The third-order valence-corrected chi connectivity index (χ3v) is 5.27. The maximum absolute atomic E-state index is 13.0. The Kier molecular flexibility index (Phi) is 6.31. The highest BCUT2D eigenvalue weighted by Crippen LogP contribution is 2.23. The summed E-state index contributed by atoms with van der Waals surface area (Å²) in [7, 11) is -3.83. The Hall–Kier alpha value is -3.46. The monoisotopic (exact) mass is 429 g/mol. The van der Waals surface area contributed by atoms with Gasteiger partial charge in [0.15, 0.2) is 0 Å². The molecular formula is C21H20FN3O4S. The number of anilines is 1. The quantitative estimate of drug-likeness (QED) is 0.593. The minimum atomic E-state index is -3.83. The zero-order chi connectivity index (χ0) is 21.7. The van der Waals surface area contributed by atoms with Gasteiger partial charge in [-0.15, -0.1) is 0 Å². The largest absolute Gasteiger partial charge is 0.439 e. The molecular weight excluding hydrogens is 409 g/mol. The second-order valence-corrected chi connectivity index (χ2v) is 8.38. The summed E-state index contributed by atoms with van der Waals surface area (Å²) in [4.78, 5) is 16.0. The van der Waals surface area contributed by atoms with Crippen LogP contribution in [0.15, 0.2) is 71.8 Å². The van der Waals surface area contributed by atoms with E-state index >= 15 is 0 Å². The molecule has 3 aromatic rings. The van der Waals surface area contributed by atoms with Gasteiger partial charge in [0.25, 0.3) is 15.9 Å². The van der Waals surface area contributed by atoms with E-state index in [1.807, 2.05) is 13.8 Å². The van der Waals surface area contributed by atoms with Crippen molar-refractivity contribution in [3.63, 3.8) is 0 Å². The van der Waals surface area contributed by atoms with Gasteiger partial charge in [-0.2, -0.15) is 0 Å². The molecule has 2 aromatic carbocycles. The number of sulfonamides is 1. The van der Waals surface area contributed by atoms with E-state index in [-0.39, 0.29) is 22.7 Å². The first-order valence-electron chi connectivity index (χ1n) is 9.06. The summed E-state index contributed by atoms with van der Waals surface area (Å²) in [5.74, 6) is -0.0122. The molecule has 1 heterocycles. The number of halogens is 1. The number of carbonyl (C=O) groups excluding carboxylic acids is 1. The van der Waals surface area contributed by atoms with E-state index in [0.717, 1.165) is 12.1 Å². The van der Waals surface area contributed by atoms with Crippen molar-refractivity contribution in [2.45, 2.75) is 24.8 Å². The Morgan fingerprint density at radius 3 is 2.23 bits per heavy atom. The molecule has 7 nitrogen and oxygen atoms in total. The minimum Gasteiger partial charge on any atom is -0.439 e. The van der Waals surface area contributed by atoms with Gasteiger partial charge in [0, 0.05) is 24.0 Å². The van der Waals surface area contributed by atoms with Crippen LogP contribution in [0.3, 0.4) is 0 Å². The maximum atomic E-state index is 13.0. The number of hydrogen-bond acceptors (Lipinski definition) is 5. The van der Waals surface area contributed by atoms with E-state index in [1.165, 1.54) is 30.5 Å². The number of benzene rings is 2. The predicted molar refractivity (Wildman–Crippen MR) is 111 cm³/mol. The molecule has 0 atom stereocenters. The molecule has 30 heavy (non-hydrogen) atoms. The fourth-order valence-electron chi connectivity index (χ4n) is 2.46. The smallest absolute Gasteiger partial charge is 0.261 e. The molecule has 0 fully saturated rings. The number of nitrogens with one attached hydrogen (secondary N) is 2. The molecule has 2 N–H and O–H groups in total. The lowest BCUT2D eigenvalue weighted by Crippen LogP contribution is -2.30. The van der Waals surface area contributed by atoms with Crippen molar-refractivity contribution in [2.24, 2.45) is 0 Å². The average Bonchev–Trinajstić information content (AvgIpc) is 2.69. The highest BCUT2D eigenvalue weighted by molar-refractivity contribution is 7.92. The SMILES string of the molecule is CC(C)NC(=O)c1ccc(Oc2ccc(NS(=O)(=O)c3ccc(F)cc3)cc2)nc1. The van der Waals surface area contributed by atoms with Gasteiger partial charge >= 0.3 is 0 Å². The molecule has 0 bridgehead atoms. The normalized spacial score (nSPS) is 11.2. The zero-order valence-electron chi connectivity index (χ0n) is 16.3. The standard InChI is InChI=1S/C21H20FN3O4S/c1-14(2)24-21(26)15-3-12-20(23-13-15)29-18-8-6-17(7-9-18)25-30(27,28)19-10-4-16(22)5-11-19/h3-14,25H,1-2H3,(H,24,26). The molecule has 9 heteroatoms. The zero-order valence-corrected chi connectivity index (χ0v) is 17.1. The van der Waals surface area contributed by atoms with E-state index in [0.29, 0.717) is 17.0 Å². The molecule has 3 rings (SSSR count). The van der Waals surface area contributed by atoms with Crippen molar-refractivity contribution >= 4 is 21.6 Å². The van der Waals surface area contributed by atoms with Crippen molar-refractivity contribution in [2.75, 3.05) is 4.72 Å².